The molecule has 1 heterocycles. The first-order chi connectivity index (χ1) is 8.15. The molecule has 1 aliphatic rings. The van der Waals surface area contributed by atoms with E-state index in [0.717, 1.165) is 25.7 Å². The number of nitrogens with one attached hydrogen (secondary N) is 1. The lowest BCUT2D eigenvalue weighted by Crippen LogP contribution is -2.45. The zero-order chi connectivity index (χ0) is 12.3. The van der Waals surface area contributed by atoms with E-state index in [9.17, 15) is 9.90 Å². The van der Waals surface area contributed by atoms with E-state index in [2.05, 4.69) is 10.3 Å². The van der Waals surface area contributed by atoms with E-state index >= 15 is 0 Å². The van der Waals surface area contributed by atoms with Gasteiger partial charge >= 0.3 is 0 Å². The molecule has 0 aliphatic heterocycles. The highest BCUT2D eigenvalue weighted by atomic mass is 32.1. The van der Waals surface area contributed by atoms with Crippen LogP contribution < -0.4 is 11.1 Å². The molecule has 6 heteroatoms. The van der Waals surface area contributed by atoms with Gasteiger partial charge in [0.15, 0.2) is 5.13 Å². The molecule has 0 bridgehead atoms. The van der Waals surface area contributed by atoms with Crippen LogP contribution in [0.2, 0.25) is 0 Å². The van der Waals surface area contributed by atoms with Gasteiger partial charge in [0.2, 0.25) is 5.91 Å². The zero-order valence-electron chi connectivity index (χ0n) is 9.56. The Morgan fingerprint density at radius 1 is 1.59 bits per heavy atom. The molecule has 1 amide bonds. The van der Waals surface area contributed by atoms with Gasteiger partial charge in [-0.3, -0.25) is 4.79 Å². The highest BCUT2D eigenvalue weighted by Gasteiger charge is 2.24. The van der Waals surface area contributed by atoms with Crippen LogP contribution in [-0.4, -0.2) is 28.1 Å². The van der Waals surface area contributed by atoms with Gasteiger partial charge in [0.05, 0.1) is 24.3 Å². The molecular weight excluding hydrogens is 238 g/mol. The molecule has 0 saturated heterocycles. The lowest BCUT2D eigenvalue weighted by atomic mass is 9.92. The van der Waals surface area contributed by atoms with Crippen molar-refractivity contribution in [2.45, 2.75) is 44.2 Å². The van der Waals surface area contributed by atoms with Crippen LogP contribution in [0.1, 0.15) is 31.4 Å². The minimum absolute atomic E-state index is 0.0961. The van der Waals surface area contributed by atoms with Crippen molar-refractivity contribution in [3.05, 3.63) is 11.1 Å². The fourth-order valence-corrected chi connectivity index (χ4v) is 2.67. The summed E-state index contributed by atoms with van der Waals surface area (Å²) in [6.07, 6.45) is 3.55. The van der Waals surface area contributed by atoms with E-state index in [4.69, 9.17) is 5.73 Å². The van der Waals surface area contributed by atoms with Crippen molar-refractivity contribution in [3.63, 3.8) is 0 Å². The van der Waals surface area contributed by atoms with Gasteiger partial charge in [-0.15, -0.1) is 11.3 Å². The summed E-state index contributed by atoms with van der Waals surface area (Å²) in [5.41, 5.74) is 6.19. The summed E-state index contributed by atoms with van der Waals surface area (Å²) in [7, 11) is 0. The minimum Gasteiger partial charge on any atom is -0.391 e. The van der Waals surface area contributed by atoms with Crippen LogP contribution >= 0.6 is 11.3 Å². The van der Waals surface area contributed by atoms with Crippen molar-refractivity contribution in [2.24, 2.45) is 0 Å². The van der Waals surface area contributed by atoms with Crippen molar-refractivity contribution < 1.29 is 9.90 Å². The van der Waals surface area contributed by atoms with Gasteiger partial charge in [-0.25, -0.2) is 4.98 Å². The molecule has 2 rings (SSSR count). The third kappa shape index (κ3) is 3.41. The summed E-state index contributed by atoms with van der Waals surface area (Å²) in [5, 5.41) is 14.9. The van der Waals surface area contributed by atoms with Crippen LogP contribution in [0.25, 0.3) is 0 Å². The fourth-order valence-electron chi connectivity index (χ4n) is 2.11. The van der Waals surface area contributed by atoms with Crippen LogP contribution in [-0.2, 0) is 11.2 Å². The summed E-state index contributed by atoms with van der Waals surface area (Å²) < 4.78 is 0. The first-order valence-electron chi connectivity index (χ1n) is 5.82. The molecule has 1 aromatic rings. The van der Waals surface area contributed by atoms with Crippen LogP contribution in [0.15, 0.2) is 5.38 Å². The zero-order valence-corrected chi connectivity index (χ0v) is 10.4. The van der Waals surface area contributed by atoms with Gasteiger partial charge in [0.25, 0.3) is 0 Å². The number of anilines is 1. The number of nitrogens with zero attached hydrogens (tertiary/aromatic N) is 1. The number of rotatable bonds is 3. The second kappa shape index (κ2) is 5.46. The standard InChI is InChI=1S/C11H17N3O2S/c12-11-13-7(6-17-11)5-10(16)14-8-3-1-2-4-9(8)15/h6,8-9,15H,1-5H2,(H2,12,13)(H,14,16)/t8-,9-/m0/s1. The normalized spacial score (nSPS) is 24.5. The SMILES string of the molecule is Nc1nc(CC(=O)N[C@H]2CCCC[C@@H]2O)cs1. The Labute approximate surface area is 104 Å². The molecule has 17 heavy (non-hydrogen) atoms. The van der Waals surface area contributed by atoms with Crippen molar-refractivity contribution >= 4 is 22.4 Å². The number of nitrogen functional groups attached to an aromatic ring is 1. The molecule has 1 saturated carbocycles. The maximum Gasteiger partial charge on any atom is 0.226 e. The van der Waals surface area contributed by atoms with Gasteiger partial charge in [0, 0.05) is 5.38 Å². The van der Waals surface area contributed by atoms with Crippen LogP contribution in [0.3, 0.4) is 0 Å². The van der Waals surface area contributed by atoms with Gasteiger partial charge < -0.3 is 16.2 Å². The molecule has 5 nitrogen and oxygen atoms in total. The lowest BCUT2D eigenvalue weighted by Gasteiger charge is -2.28. The Hall–Kier alpha value is -1.14. The lowest BCUT2D eigenvalue weighted by molar-refractivity contribution is -0.122. The third-order valence-electron chi connectivity index (χ3n) is 2.99. The Morgan fingerprint density at radius 2 is 2.35 bits per heavy atom. The number of carbonyl (C=O) groups excluding carboxylic acids is 1. The molecule has 94 valence electrons. The summed E-state index contributed by atoms with van der Waals surface area (Å²) in [5.74, 6) is -0.0961. The molecule has 1 fully saturated rings. The minimum atomic E-state index is -0.409. The van der Waals surface area contributed by atoms with Crippen molar-refractivity contribution in [1.29, 1.82) is 0 Å². The van der Waals surface area contributed by atoms with E-state index in [0.29, 0.717) is 10.8 Å². The molecule has 0 unspecified atom stereocenters. The number of aliphatic hydroxyl groups excluding tert-OH is 1. The highest BCUT2D eigenvalue weighted by molar-refractivity contribution is 7.13. The number of thiazole rings is 1. The largest absolute Gasteiger partial charge is 0.391 e. The molecule has 0 radical (unpaired) electrons. The number of hydrogen-bond donors (Lipinski definition) is 3. The Morgan fingerprint density at radius 3 is 3.00 bits per heavy atom. The number of amides is 1. The average molecular weight is 255 g/mol. The number of aliphatic hydroxyl groups is 1. The van der Waals surface area contributed by atoms with E-state index in [1.165, 1.54) is 11.3 Å². The first-order valence-corrected chi connectivity index (χ1v) is 6.70. The van der Waals surface area contributed by atoms with Crippen molar-refractivity contribution in [1.82, 2.24) is 10.3 Å². The van der Waals surface area contributed by atoms with Gasteiger partial charge in [-0.2, -0.15) is 0 Å². The second-order valence-electron chi connectivity index (χ2n) is 4.38. The molecule has 2 atom stereocenters. The molecular formula is C11H17N3O2S. The predicted octanol–water partition coefficient (Wildman–Crippen LogP) is 0.687. The number of aromatic nitrogens is 1. The Bertz CT molecular complexity index is 394. The van der Waals surface area contributed by atoms with Gasteiger partial charge in [-0.05, 0) is 12.8 Å². The summed E-state index contributed by atoms with van der Waals surface area (Å²) in [6.45, 7) is 0. The predicted molar refractivity (Wildman–Crippen MR) is 66.6 cm³/mol. The Kier molecular flexibility index (Phi) is 3.96. The van der Waals surface area contributed by atoms with Crippen LogP contribution in [0, 0.1) is 0 Å². The highest BCUT2D eigenvalue weighted by Crippen LogP contribution is 2.18. The van der Waals surface area contributed by atoms with Gasteiger partial charge in [0.1, 0.15) is 0 Å². The summed E-state index contributed by atoms with van der Waals surface area (Å²) in [4.78, 5) is 15.8. The average Bonchev–Trinajstić information content (AvgIpc) is 2.67. The summed E-state index contributed by atoms with van der Waals surface area (Å²) >= 11 is 1.33. The molecule has 4 N–H and O–H groups in total. The number of nitrogens with two attached hydrogens (primary N) is 1. The Balaban J connectivity index is 1.84. The number of carbonyl (C=O) groups is 1. The first kappa shape index (κ1) is 12.3. The maximum atomic E-state index is 11.7. The molecule has 1 aliphatic carbocycles. The fraction of sp³-hybridized carbons (Fsp3) is 0.636. The van der Waals surface area contributed by atoms with Crippen LogP contribution in [0.5, 0.6) is 0 Å². The quantitative estimate of drug-likeness (QED) is 0.741. The van der Waals surface area contributed by atoms with Gasteiger partial charge in [-0.1, -0.05) is 12.8 Å². The monoisotopic (exact) mass is 255 g/mol. The smallest absolute Gasteiger partial charge is 0.226 e. The topological polar surface area (TPSA) is 88.2 Å². The van der Waals surface area contributed by atoms with Crippen LogP contribution in [0.4, 0.5) is 5.13 Å². The third-order valence-corrected chi connectivity index (χ3v) is 3.71. The molecule has 0 aromatic carbocycles. The van der Waals surface area contributed by atoms with Crippen molar-refractivity contribution in [3.8, 4) is 0 Å². The van der Waals surface area contributed by atoms with E-state index in [1.807, 2.05) is 0 Å². The second-order valence-corrected chi connectivity index (χ2v) is 5.27. The molecule has 1 aromatic heterocycles. The maximum absolute atomic E-state index is 11.7. The summed E-state index contributed by atoms with van der Waals surface area (Å²) in [6, 6.07) is -0.104. The van der Waals surface area contributed by atoms with E-state index in [1.54, 1.807) is 5.38 Å². The van der Waals surface area contributed by atoms with E-state index < -0.39 is 6.10 Å². The molecule has 0 spiro atoms. The van der Waals surface area contributed by atoms with Crippen molar-refractivity contribution in [2.75, 3.05) is 5.73 Å². The number of hydrogen-bond acceptors (Lipinski definition) is 5. The van der Waals surface area contributed by atoms with E-state index in [-0.39, 0.29) is 18.4 Å².